The number of hydrogen-bond acceptors (Lipinski definition) is 2. The zero-order chi connectivity index (χ0) is 12.7. The van der Waals surface area contributed by atoms with Gasteiger partial charge in [0.25, 0.3) is 0 Å². The molecule has 2 heteroatoms. The van der Waals surface area contributed by atoms with Crippen molar-refractivity contribution in [3.05, 3.63) is 29.8 Å². The largest absolute Gasteiger partial charge is 0.497 e. The van der Waals surface area contributed by atoms with Crippen molar-refractivity contribution in [2.24, 2.45) is 5.92 Å². The molecule has 1 aromatic carbocycles. The fourth-order valence-electron chi connectivity index (χ4n) is 2.08. The van der Waals surface area contributed by atoms with E-state index in [0.717, 1.165) is 18.1 Å². The Morgan fingerprint density at radius 1 is 1.18 bits per heavy atom. The van der Waals surface area contributed by atoms with Gasteiger partial charge in [-0.2, -0.15) is 0 Å². The lowest BCUT2D eigenvalue weighted by Gasteiger charge is -2.18. The van der Waals surface area contributed by atoms with Crippen molar-refractivity contribution < 1.29 is 4.74 Å². The minimum atomic E-state index is 0.622. The third kappa shape index (κ3) is 5.22. The lowest BCUT2D eigenvalue weighted by molar-refractivity contribution is 0.413. The van der Waals surface area contributed by atoms with E-state index >= 15 is 0 Å². The number of hydrogen-bond donors (Lipinski definition) is 1. The summed E-state index contributed by atoms with van der Waals surface area (Å²) in [7, 11) is 3.76. The van der Waals surface area contributed by atoms with Crippen LogP contribution in [-0.2, 0) is 6.42 Å². The summed E-state index contributed by atoms with van der Waals surface area (Å²) in [4.78, 5) is 0. The molecule has 2 nitrogen and oxygen atoms in total. The summed E-state index contributed by atoms with van der Waals surface area (Å²) >= 11 is 0. The molecule has 0 spiro atoms. The van der Waals surface area contributed by atoms with Crippen molar-refractivity contribution in [3.63, 3.8) is 0 Å². The van der Waals surface area contributed by atoms with Crippen LogP contribution in [0.15, 0.2) is 24.3 Å². The number of ether oxygens (including phenoxy) is 1. The van der Waals surface area contributed by atoms with E-state index in [9.17, 15) is 0 Å². The van der Waals surface area contributed by atoms with Crippen LogP contribution in [0.25, 0.3) is 0 Å². The zero-order valence-electron chi connectivity index (χ0n) is 11.5. The summed E-state index contributed by atoms with van der Waals surface area (Å²) in [5.74, 6) is 1.68. The van der Waals surface area contributed by atoms with Crippen molar-refractivity contribution >= 4 is 0 Å². The molecule has 0 radical (unpaired) electrons. The topological polar surface area (TPSA) is 21.3 Å². The van der Waals surface area contributed by atoms with Crippen molar-refractivity contribution in [3.8, 4) is 5.75 Å². The predicted octanol–water partition coefficient (Wildman–Crippen LogP) is 3.26. The van der Waals surface area contributed by atoms with E-state index in [1.165, 1.54) is 18.4 Å². The highest BCUT2D eigenvalue weighted by Crippen LogP contribution is 2.15. The van der Waals surface area contributed by atoms with Crippen LogP contribution in [0.5, 0.6) is 5.75 Å². The summed E-state index contributed by atoms with van der Waals surface area (Å²) < 4.78 is 5.16. The van der Waals surface area contributed by atoms with Crippen molar-refractivity contribution in [1.82, 2.24) is 5.32 Å². The van der Waals surface area contributed by atoms with Gasteiger partial charge in [-0.1, -0.05) is 26.0 Å². The van der Waals surface area contributed by atoms with E-state index in [-0.39, 0.29) is 0 Å². The van der Waals surface area contributed by atoms with E-state index in [0.29, 0.717) is 6.04 Å². The summed E-state index contributed by atoms with van der Waals surface area (Å²) in [6, 6.07) is 9.00. The van der Waals surface area contributed by atoms with Gasteiger partial charge in [-0.05, 0) is 49.9 Å². The zero-order valence-corrected chi connectivity index (χ0v) is 11.5. The molecular weight excluding hydrogens is 210 g/mol. The van der Waals surface area contributed by atoms with Crippen LogP contribution in [0, 0.1) is 5.92 Å². The summed E-state index contributed by atoms with van der Waals surface area (Å²) in [5, 5.41) is 3.40. The smallest absolute Gasteiger partial charge is 0.118 e. The molecule has 1 unspecified atom stereocenters. The number of aryl methyl sites for hydroxylation is 1. The average molecular weight is 235 g/mol. The average Bonchev–Trinajstić information content (AvgIpc) is 2.34. The van der Waals surface area contributed by atoms with Gasteiger partial charge in [0, 0.05) is 6.04 Å². The molecule has 1 aromatic rings. The lowest BCUT2D eigenvalue weighted by Crippen LogP contribution is -2.27. The van der Waals surface area contributed by atoms with Crippen LogP contribution in [-0.4, -0.2) is 20.2 Å². The molecule has 0 saturated heterocycles. The second-order valence-electron chi connectivity index (χ2n) is 5.00. The Kier molecular flexibility index (Phi) is 6.06. The van der Waals surface area contributed by atoms with Crippen molar-refractivity contribution in [2.45, 2.75) is 39.2 Å². The highest BCUT2D eigenvalue weighted by molar-refractivity contribution is 5.27. The van der Waals surface area contributed by atoms with Crippen LogP contribution >= 0.6 is 0 Å². The van der Waals surface area contributed by atoms with Gasteiger partial charge in [-0.15, -0.1) is 0 Å². The third-order valence-corrected chi connectivity index (χ3v) is 3.10. The van der Waals surface area contributed by atoms with Gasteiger partial charge < -0.3 is 10.1 Å². The Hall–Kier alpha value is -1.02. The molecule has 1 rings (SSSR count). The molecule has 0 heterocycles. The molecule has 0 saturated carbocycles. The van der Waals surface area contributed by atoms with Crippen LogP contribution < -0.4 is 10.1 Å². The molecule has 1 atom stereocenters. The van der Waals surface area contributed by atoms with Gasteiger partial charge in [0.15, 0.2) is 0 Å². The number of methoxy groups -OCH3 is 1. The van der Waals surface area contributed by atoms with Gasteiger partial charge in [-0.3, -0.25) is 0 Å². The quantitative estimate of drug-likeness (QED) is 0.783. The van der Waals surface area contributed by atoms with E-state index in [1.54, 1.807) is 7.11 Å². The van der Waals surface area contributed by atoms with E-state index in [4.69, 9.17) is 4.74 Å². The molecule has 0 aliphatic heterocycles. The maximum atomic E-state index is 5.16. The molecular formula is C15H25NO. The highest BCUT2D eigenvalue weighted by atomic mass is 16.5. The Morgan fingerprint density at radius 2 is 1.82 bits per heavy atom. The van der Waals surface area contributed by atoms with Gasteiger partial charge >= 0.3 is 0 Å². The van der Waals surface area contributed by atoms with Crippen LogP contribution in [0.3, 0.4) is 0 Å². The first-order valence-electron chi connectivity index (χ1n) is 6.46. The molecule has 96 valence electrons. The molecule has 0 bridgehead atoms. The first-order valence-corrected chi connectivity index (χ1v) is 6.46. The van der Waals surface area contributed by atoms with E-state index in [1.807, 2.05) is 12.1 Å². The molecule has 0 aliphatic rings. The second kappa shape index (κ2) is 7.33. The Morgan fingerprint density at radius 3 is 2.29 bits per heavy atom. The number of benzene rings is 1. The normalized spacial score (nSPS) is 12.8. The molecule has 0 aromatic heterocycles. The molecule has 0 amide bonds. The maximum absolute atomic E-state index is 5.16. The van der Waals surface area contributed by atoms with Gasteiger partial charge in [0.2, 0.25) is 0 Å². The predicted molar refractivity (Wildman–Crippen MR) is 73.6 cm³/mol. The van der Waals surface area contributed by atoms with Crippen LogP contribution in [0.4, 0.5) is 0 Å². The highest BCUT2D eigenvalue weighted by Gasteiger charge is 2.08. The molecule has 1 N–H and O–H groups in total. The monoisotopic (exact) mass is 235 g/mol. The van der Waals surface area contributed by atoms with E-state index in [2.05, 4.69) is 38.3 Å². The fourth-order valence-corrected chi connectivity index (χ4v) is 2.08. The van der Waals surface area contributed by atoms with E-state index < -0.39 is 0 Å². The first-order chi connectivity index (χ1) is 8.15. The molecule has 0 fully saturated rings. The fraction of sp³-hybridized carbons (Fsp3) is 0.600. The lowest BCUT2D eigenvalue weighted by atomic mass is 9.97. The number of rotatable bonds is 7. The summed E-state index contributed by atoms with van der Waals surface area (Å²) in [6.07, 6.45) is 3.57. The van der Waals surface area contributed by atoms with Crippen molar-refractivity contribution in [2.75, 3.05) is 14.2 Å². The Labute approximate surface area is 105 Å². The molecule has 0 aliphatic carbocycles. The Bertz CT molecular complexity index is 305. The third-order valence-electron chi connectivity index (χ3n) is 3.10. The number of nitrogens with one attached hydrogen (secondary N) is 1. The maximum Gasteiger partial charge on any atom is 0.118 e. The second-order valence-corrected chi connectivity index (χ2v) is 5.00. The minimum Gasteiger partial charge on any atom is -0.497 e. The van der Waals surface area contributed by atoms with Gasteiger partial charge in [-0.25, -0.2) is 0 Å². The minimum absolute atomic E-state index is 0.622. The van der Waals surface area contributed by atoms with Crippen LogP contribution in [0.1, 0.15) is 32.3 Å². The van der Waals surface area contributed by atoms with Gasteiger partial charge in [0.1, 0.15) is 5.75 Å². The summed E-state index contributed by atoms with van der Waals surface area (Å²) in [5.41, 5.74) is 1.38. The SMILES string of the molecule is CNC(CCc1ccc(OC)cc1)CC(C)C. The molecule has 17 heavy (non-hydrogen) atoms. The standard InChI is InChI=1S/C15H25NO/c1-12(2)11-14(16-3)8-5-13-6-9-15(17-4)10-7-13/h6-7,9-10,12,14,16H,5,8,11H2,1-4H3. The summed E-state index contributed by atoms with van der Waals surface area (Å²) in [6.45, 7) is 4.55. The van der Waals surface area contributed by atoms with Gasteiger partial charge in [0.05, 0.1) is 7.11 Å². The Balaban J connectivity index is 2.42. The first kappa shape index (κ1) is 14.0. The van der Waals surface area contributed by atoms with Crippen LogP contribution in [0.2, 0.25) is 0 Å². The van der Waals surface area contributed by atoms with Crippen molar-refractivity contribution in [1.29, 1.82) is 0 Å².